The van der Waals surface area contributed by atoms with Crippen molar-refractivity contribution in [3.05, 3.63) is 0 Å². The van der Waals surface area contributed by atoms with Crippen molar-refractivity contribution < 1.29 is 0 Å². The molecule has 1 atom stereocenters. The fraction of sp³-hybridized carbons (Fsp3) is 0.778. The quantitative estimate of drug-likeness (QED) is 0.598. The molecule has 0 radical (unpaired) electrons. The standard InChI is InChI=1S/C10H23N3.2C2H6.2C2H2/c1-4-12(2)8-6-5-7-10-9-13(3)11-10;4*1-2/h10-11H,4-9H2,1-3H3;2*1-2H3;2*1-2H. The van der Waals surface area contributed by atoms with Crippen LogP contribution in [0.5, 0.6) is 0 Å². The third-order valence-electron chi connectivity index (χ3n) is 2.78. The predicted molar refractivity (Wildman–Crippen MR) is 99.1 cm³/mol. The Bertz CT molecular complexity index is 187. The van der Waals surface area contributed by atoms with E-state index in [9.17, 15) is 0 Å². The van der Waals surface area contributed by atoms with Crippen LogP contribution in [0.1, 0.15) is 53.9 Å². The lowest BCUT2D eigenvalue weighted by Gasteiger charge is -2.37. The zero-order valence-electron chi connectivity index (χ0n) is 15.5. The molecule has 1 N–H and O–H groups in total. The molecule has 0 amide bonds. The zero-order chi connectivity index (χ0) is 17.7. The number of likely N-dealkylation sites (N-methyl/N-ethyl adjacent to an activating group) is 1. The van der Waals surface area contributed by atoms with Crippen LogP contribution in [-0.2, 0) is 0 Å². The summed E-state index contributed by atoms with van der Waals surface area (Å²) in [4.78, 5) is 2.38. The summed E-state index contributed by atoms with van der Waals surface area (Å²) in [6.45, 7) is 13.9. The van der Waals surface area contributed by atoms with Crippen molar-refractivity contribution >= 4 is 0 Å². The Balaban J connectivity index is -0.000000156. The fourth-order valence-corrected chi connectivity index (χ4v) is 1.71. The van der Waals surface area contributed by atoms with Crippen LogP contribution in [-0.4, -0.2) is 49.7 Å². The van der Waals surface area contributed by atoms with Gasteiger partial charge < -0.3 is 4.90 Å². The van der Waals surface area contributed by atoms with Crippen molar-refractivity contribution in [1.82, 2.24) is 15.3 Å². The molecule has 0 aromatic carbocycles. The molecular formula is C18H39N3. The first kappa shape index (κ1) is 28.2. The largest absolute Gasteiger partial charge is 0.307 e. The summed E-state index contributed by atoms with van der Waals surface area (Å²) in [5.41, 5.74) is 3.36. The maximum absolute atomic E-state index is 4.00. The van der Waals surface area contributed by atoms with Crippen molar-refractivity contribution in [1.29, 1.82) is 0 Å². The van der Waals surface area contributed by atoms with Crippen molar-refractivity contribution in [2.24, 2.45) is 0 Å². The van der Waals surface area contributed by atoms with Gasteiger partial charge in [-0.15, -0.1) is 25.7 Å². The van der Waals surface area contributed by atoms with E-state index < -0.39 is 0 Å². The molecule has 1 heterocycles. The van der Waals surface area contributed by atoms with E-state index in [1.54, 1.807) is 0 Å². The molecule has 0 spiro atoms. The third kappa shape index (κ3) is 21.4. The molecule has 0 saturated carbocycles. The Morgan fingerprint density at radius 1 is 1.05 bits per heavy atom. The average Bonchev–Trinajstić information content (AvgIpc) is 2.56. The Labute approximate surface area is 135 Å². The number of unbranched alkanes of at least 4 members (excludes halogenated alkanes) is 1. The van der Waals surface area contributed by atoms with Crippen LogP contribution < -0.4 is 5.43 Å². The van der Waals surface area contributed by atoms with Gasteiger partial charge in [0.25, 0.3) is 0 Å². The highest BCUT2D eigenvalue weighted by Crippen LogP contribution is 2.08. The van der Waals surface area contributed by atoms with Gasteiger partial charge in [-0.05, 0) is 33.0 Å². The molecule has 0 aromatic heterocycles. The first-order valence-corrected chi connectivity index (χ1v) is 8.05. The summed E-state index contributed by atoms with van der Waals surface area (Å²) in [6.07, 6.45) is 20.0. The van der Waals surface area contributed by atoms with Crippen LogP contribution in [0.4, 0.5) is 0 Å². The lowest BCUT2D eigenvalue weighted by atomic mass is 10.1. The van der Waals surface area contributed by atoms with Crippen molar-refractivity contribution in [3.8, 4) is 25.7 Å². The number of hydrazine groups is 1. The smallest absolute Gasteiger partial charge is 0.0356 e. The second-order valence-electron chi connectivity index (χ2n) is 4.10. The Hall–Kier alpha value is -1.00. The van der Waals surface area contributed by atoms with Gasteiger partial charge in [0.05, 0.1) is 0 Å². The van der Waals surface area contributed by atoms with Crippen LogP contribution in [0.15, 0.2) is 0 Å². The molecule has 3 heteroatoms. The highest BCUT2D eigenvalue weighted by Gasteiger charge is 2.20. The summed E-state index contributed by atoms with van der Waals surface area (Å²) < 4.78 is 0. The first-order valence-electron chi connectivity index (χ1n) is 8.05. The lowest BCUT2D eigenvalue weighted by molar-refractivity contribution is 0.0672. The molecule has 1 unspecified atom stereocenters. The van der Waals surface area contributed by atoms with Crippen molar-refractivity contribution in [3.63, 3.8) is 0 Å². The van der Waals surface area contributed by atoms with Crippen molar-refractivity contribution in [2.75, 3.05) is 33.7 Å². The zero-order valence-corrected chi connectivity index (χ0v) is 15.5. The Kier molecular flexibility index (Phi) is 36.7. The number of nitrogens with one attached hydrogen (secondary N) is 1. The fourth-order valence-electron chi connectivity index (χ4n) is 1.71. The topological polar surface area (TPSA) is 18.5 Å². The highest BCUT2D eigenvalue weighted by atomic mass is 15.6. The minimum atomic E-state index is 0.761. The SMILES string of the molecule is C#C.C#C.CC.CC.CCN(C)CCCCC1CN(C)N1. The predicted octanol–water partition coefficient (Wildman–Crippen LogP) is 3.48. The first-order chi connectivity index (χ1) is 10.2. The minimum absolute atomic E-state index is 0.761. The Morgan fingerprint density at radius 3 is 1.81 bits per heavy atom. The molecule has 1 fully saturated rings. The number of nitrogens with zero attached hydrogens (tertiary/aromatic N) is 2. The van der Waals surface area contributed by atoms with Gasteiger partial charge in [0.1, 0.15) is 0 Å². The second kappa shape index (κ2) is 27.4. The summed E-state index contributed by atoms with van der Waals surface area (Å²) >= 11 is 0. The number of hydrogen-bond donors (Lipinski definition) is 1. The second-order valence-corrected chi connectivity index (χ2v) is 4.10. The van der Waals surface area contributed by atoms with E-state index in [0.717, 1.165) is 6.04 Å². The van der Waals surface area contributed by atoms with Gasteiger partial charge in [0.2, 0.25) is 0 Å². The van der Waals surface area contributed by atoms with E-state index in [1.807, 2.05) is 27.7 Å². The highest BCUT2D eigenvalue weighted by molar-refractivity contribution is 4.76. The molecule has 21 heavy (non-hydrogen) atoms. The van der Waals surface area contributed by atoms with Gasteiger partial charge in [-0.1, -0.05) is 41.0 Å². The van der Waals surface area contributed by atoms with E-state index in [1.165, 1.54) is 38.9 Å². The van der Waals surface area contributed by atoms with Gasteiger partial charge in [0.15, 0.2) is 0 Å². The molecular weight excluding hydrogens is 258 g/mol. The van der Waals surface area contributed by atoms with Gasteiger partial charge >= 0.3 is 0 Å². The van der Waals surface area contributed by atoms with Gasteiger partial charge in [0, 0.05) is 19.6 Å². The Morgan fingerprint density at radius 2 is 1.48 bits per heavy atom. The van der Waals surface area contributed by atoms with E-state index >= 15 is 0 Å². The average molecular weight is 298 g/mol. The van der Waals surface area contributed by atoms with E-state index in [4.69, 9.17) is 0 Å². The maximum atomic E-state index is 4.00. The van der Waals surface area contributed by atoms with E-state index in [0.29, 0.717) is 0 Å². The minimum Gasteiger partial charge on any atom is -0.307 e. The number of rotatable bonds is 6. The lowest BCUT2D eigenvalue weighted by Crippen LogP contribution is -2.59. The van der Waals surface area contributed by atoms with Crippen LogP contribution in [0.2, 0.25) is 0 Å². The normalized spacial score (nSPS) is 15.3. The number of hydrogen-bond acceptors (Lipinski definition) is 3. The summed E-state index contributed by atoms with van der Waals surface area (Å²) in [7, 11) is 4.29. The monoisotopic (exact) mass is 297 g/mol. The molecule has 0 bridgehead atoms. The summed E-state index contributed by atoms with van der Waals surface area (Å²) in [6, 6.07) is 0.761. The van der Waals surface area contributed by atoms with Crippen LogP contribution >= 0.6 is 0 Å². The van der Waals surface area contributed by atoms with Crippen molar-refractivity contribution in [2.45, 2.75) is 59.9 Å². The molecule has 1 aliphatic rings. The van der Waals surface area contributed by atoms with E-state index in [-0.39, 0.29) is 0 Å². The van der Waals surface area contributed by atoms with Gasteiger partial charge in [-0.2, -0.15) is 0 Å². The molecule has 0 aromatic rings. The third-order valence-corrected chi connectivity index (χ3v) is 2.78. The molecule has 0 aliphatic carbocycles. The summed E-state index contributed by atoms with van der Waals surface area (Å²) in [5, 5.41) is 2.16. The summed E-state index contributed by atoms with van der Waals surface area (Å²) in [5.74, 6) is 0. The molecule has 3 nitrogen and oxygen atoms in total. The number of terminal acetylenes is 2. The molecule has 1 rings (SSSR count). The molecule has 126 valence electrons. The molecule has 1 aliphatic heterocycles. The van der Waals surface area contributed by atoms with Gasteiger partial charge in [-0.25, -0.2) is 5.01 Å². The maximum Gasteiger partial charge on any atom is 0.0356 e. The van der Waals surface area contributed by atoms with Crippen LogP contribution in [0, 0.1) is 25.7 Å². The van der Waals surface area contributed by atoms with E-state index in [2.05, 4.69) is 62.0 Å². The molecule has 1 saturated heterocycles. The van der Waals surface area contributed by atoms with Gasteiger partial charge in [-0.3, -0.25) is 5.43 Å². The van der Waals surface area contributed by atoms with Crippen LogP contribution in [0.3, 0.4) is 0 Å². The van der Waals surface area contributed by atoms with Crippen LogP contribution in [0.25, 0.3) is 0 Å².